The minimum absolute atomic E-state index is 0.0303. The molecule has 0 bridgehead atoms. The molecule has 5 nitrogen and oxygen atoms in total. The lowest BCUT2D eigenvalue weighted by molar-refractivity contribution is 0.0712. The highest BCUT2D eigenvalue weighted by Gasteiger charge is 2.26. The fraction of sp³-hybridized carbons (Fsp3) is 0.385. The summed E-state index contributed by atoms with van der Waals surface area (Å²) in [5.74, 6) is -0.711. The summed E-state index contributed by atoms with van der Waals surface area (Å²) in [4.78, 5) is 19.9. The number of amides is 1. The van der Waals surface area contributed by atoms with E-state index in [4.69, 9.17) is 17.0 Å². The van der Waals surface area contributed by atoms with E-state index in [1.54, 1.807) is 11.9 Å². The van der Waals surface area contributed by atoms with Gasteiger partial charge >= 0.3 is 0 Å². The Labute approximate surface area is 119 Å². The second-order valence-corrected chi connectivity index (χ2v) is 5.30. The molecule has 0 saturated carbocycles. The number of hydrogen-bond donors (Lipinski definition) is 2. The van der Waals surface area contributed by atoms with Crippen molar-refractivity contribution in [2.24, 2.45) is 0 Å². The summed E-state index contributed by atoms with van der Waals surface area (Å²) in [7, 11) is 1.71. The Morgan fingerprint density at radius 1 is 1.50 bits per heavy atom. The number of hydrogen-bond acceptors (Lipinski definition) is 3. The number of benzene rings is 1. The number of fused-ring (bicyclic) bond motifs is 1. The van der Waals surface area contributed by atoms with E-state index >= 15 is 0 Å². The molecule has 20 heavy (non-hydrogen) atoms. The molecule has 3 rings (SSSR count). The van der Waals surface area contributed by atoms with E-state index in [0.29, 0.717) is 29.0 Å². The molecular weight excluding hydrogens is 281 g/mol. The van der Waals surface area contributed by atoms with E-state index in [9.17, 15) is 9.18 Å². The number of aromatic amines is 2. The van der Waals surface area contributed by atoms with Crippen LogP contribution in [0.5, 0.6) is 0 Å². The predicted molar refractivity (Wildman–Crippen MR) is 74.8 cm³/mol. The average Bonchev–Trinajstić information content (AvgIpc) is 3.04. The first-order valence-electron chi connectivity index (χ1n) is 6.32. The second kappa shape index (κ2) is 4.99. The molecule has 1 aliphatic heterocycles. The SMILES string of the molecule is CN(C(=O)c1cc(F)cc2[nH]c(=S)[nH]c12)C1CCOC1. The minimum Gasteiger partial charge on any atom is -0.379 e. The number of rotatable bonds is 2. The number of halogens is 1. The van der Waals surface area contributed by atoms with Gasteiger partial charge in [0.05, 0.1) is 29.2 Å². The first kappa shape index (κ1) is 13.3. The van der Waals surface area contributed by atoms with Crippen LogP contribution in [0.1, 0.15) is 16.8 Å². The van der Waals surface area contributed by atoms with Crippen LogP contribution in [0.3, 0.4) is 0 Å². The lowest BCUT2D eigenvalue weighted by Crippen LogP contribution is -2.37. The summed E-state index contributed by atoms with van der Waals surface area (Å²) in [5, 5.41) is 0. The van der Waals surface area contributed by atoms with Crippen molar-refractivity contribution in [1.29, 1.82) is 0 Å². The number of likely N-dealkylation sites (N-methyl/N-ethyl adjacent to an activating group) is 1. The van der Waals surface area contributed by atoms with Gasteiger partial charge in [0.25, 0.3) is 5.91 Å². The van der Waals surface area contributed by atoms with Gasteiger partial charge in [-0.1, -0.05) is 0 Å². The van der Waals surface area contributed by atoms with E-state index in [0.717, 1.165) is 6.42 Å². The van der Waals surface area contributed by atoms with Crippen molar-refractivity contribution in [2.45, 2.75) is 12.5 Å². The summed E-state index contributed by atoms with van der Waals surface area (Å²) in [6.45, 7) is 1.16. The lowest BCUT2D eigenvalue weighted by Gasteiger charge is -2.23. The third kappa shape index (κ3) is 2.23. The highest BCUT2D eigenvalue weighted by Crippen LogP contribution is 2.21. The van der Waals surface area contributed by atoms with Crippen LogP contribution in [0.2, 0.25) is 0 Å². The molecule has 106 valence electrons. The molecule has 1 aromatic carbocycles. The molecule has 0 aliphatic carbocycles. The number of ether oxygens (including phenoxy) is 1. The second-order valence-electron chi connectivity index (χ2n) is 4.89. The van der Waals surface area contributed by atoms with Gasteiger partial charge in [0.15, 0.2) is 4.77 Å². The Hall–Kier alpha value is -1.73. The van der Waals surface area contributed by atoms with Crippen molar-refractivity contribution in [2.75, 3.05) is 20.3 Å². The van der Waals surface area contributed by atoms with Gasteiger partial charge in [-0.3, -0.25) is 4.79 Å². The molecule has 7 heteroatoms. The Bertz CT molecular complexity index is 718. The molecule has 1 fully saturated rings. The van der Waals surface area contributed by atoms with E-state index in [-0.39, 0.29) is 17.5 Å². The number of nitrogens with zero attached hydrogens (tertiary/aromatic N) is 1. The Morgan fingerprint density at radius 2 is 2.30 bits per heavy atom. The van der Waals surface area contributed by atoms with Crippen molar-refractivity contribution < 1.29 is 13.9 Å². The number of imidazole rings is 1. The van der Waals surface area contributed by atoms with Gasteiger partial charge in [-0.25, -0.2) is 4.39 Å². The van der Waals surface area contributed by atoms with E-state index in [1.807, 2.05) is 0 Å². The van der Waals surface area contributed by atoms with Gasteiger partial charge in [0.1, 0.15) is 5.82 Å². The van der Waals surface area contributed by atoms with Gasteiger partial charge in [-0.15, -0.1) is 0 Å². The Kier molecular flexibility index (Phi) is 3.31. The average molecular weight is 295 g/mol. The monoisotopic (exact) mass is 295 g/mol. The van der Waals surface area contributed by atoms with Gasteiger partial charge in [0.2, 0.25) is 0 Å². The van der Waals surface area contributed by atoms with E-state index in [2.05, 4.69) is 9.97 Å². The third-order valence-electron chi connectivity index (χ3n) is 3.59. The molecule has 1 aliphatic rings. The first-order valence-corrected chi connectivity index (χ1v) is 6.73. The van der Waals surface area contributed by atoms with E-state index < -0.39 is 5.82 Å². The van der Waals surface area contributed by atoms with Crippen LogP contribution < -0.4 is 0 Å². The van der Waals surface area contributed by atoms with Crippen LogP contribution in [0.25, 0.3) is 11.0 Å². The maximum atomic E-state index is 13.6. The molecular formula is C13H14FN3O2S. The predicted octanol–water partition coefficient (Wildman–Crippen LogP) is 2.23. The minimum atomic E-state index is -0.470. The quantitative estimate of drug-likeness (QED) is 0.835. The van der Waals surface area contributed by atoms with Crippen molar-refractivity contribution >= 4 is 29.2 Å². The maximum Gasteiger partial charge on any atom is 0.256 e. The van der Waals surface area contributed by atoms with Crippen LogP contribution in [-0.4, -0.2) is 47.1 Å². The number of nitrogens with one attached hydrogen (secondary N) is 2. The molecule has 1 amide bonds. The molecule has 1 aromatic heterocycles. The fourth-order valence-electron chi connectivity index (χ4n) is 2.46. The largest absolute Gasteiger partial charge is 0.379 e. The summed E-state index contributed by atoms with van der Waals surface area (Å²) in [5.41, 5.74) is 1.31. The number of carbonyl (C=O) groups excluding carboxylic acids is 1. The van der Waals surface area contributed by atoms with Crippen LogP contribution in [0.4, 0.5) is 4.39 Å². The summed E-state index contributed by atoms with van der Waals surface area (Å²) in [6.07, 6.45) is 0.795. The number of aromatic nitrogens is 2. The number of carbonyl (C=O) groups is 1. The Balaban J connectivity index is 2.04. The zero-order valence-corrected chi connectivity index (χ0v) is 11.7. The van der Waals surface area contributed by atoms with Crippen LogP contribution in [-0.2, 0) is 4.74 Å². The van der Waals surface area contributed by atoms with E-state index in [1.165, 1.54) is 12.1 Å². The standard InChI is InChI=1S/C13H14FN3O2S/c1-17(8-2-3-19-6-8)12(18)9-4-7(14)5-10-11(9)16-13(20)15-10/h4-5,8H,2-3,6H2,1H3,(H2,15,16,20). The summed E-state index contributed by atoms with van der Waals surface area (Å²) in [6, 6.07) is 2.58. The zero-order valence-electron chi connectivity index (χ0n) is 10.9. The Morgan fingerprint density at radius 3 is 3.00 bits per heavy atom. The van der Waals surface area contributed by atoms with Gasteiger partial charge in [-0.05, 0) is 30.8 Å². The maximum absolute atomic E-state index is 13.6. The third-order valence-corrected chi connectivity index (χ3v) is 3.80. The fourth-order valence-corrected chi connectivity index (χ4v) is 2.67. The lowest BCUT2D eigenvalue weighted by atomic mass is 10.1. The van der Waals surface area contributed by atoms with Crippen molar-refractivity contribution in [3.8, 4) is 0 Å². The molecule has 2 heterocycles. The van der Waals surface area contributed by atoms with Gasteiger partial charge < -0.3 is 19.6 Å². The van der Waals surface area contributed by atoms with Crippen molar-refractivity contribution in [3.05, 3.63) is 28.3 Å². The zero-order chi connectivity index (χ0) is 14.3. The summed E-state index contributed by atoms with van der Waals surface area (Å²) >= 11 is 5.00. The molecule has 1 saturated heterocycles. The van der Waals surface area contributed by atoms with Gasteiger partial charge in [0, 0.05) is 13.7 Å². The van der Waals surface area contributed by atoms with Gasteiger partial charge in [-0.2, -0.15) is 0 Å². The smallest absolute Gasteiger partial charge is 0.256 e. The van der Waals surface area contributed by atoms with Crippen molar-refractivity contribution in [1.82, 2.24) is 14.9 Å². The first-order chi connectivity index (χ1) is 9.56. The van der Waals surface area contributed by atoms with Crippen LogP contribution >= 0.6 is 12.2 Å². The normalized spacial score (nSPS) is 18.6. The molecule has 2 N–H and O–H groups in total. The van der Waals surface area contributed by atoms with Crippen LogP contribution in [0, 0.1) is 10.6 Å². The van der Waals surface area contributed by atoms with Crippen LogP contribution in [0.15, 0.2) is 12.1 Å². The summed E-state index contributed by atoms with van der Waals surface area (Å²) < 4.78 is 19.3. The number of H-pyrrole nitrogens is 2. The molecule has 2 aromatic rings. The van der Waals surface area contributed by atoms with Crippen molar-refractivity contribution in [3.63, 3.8) is 0 Å². The molecule has 0 radical (unpaired) electrons. The highest BCUT2D eigenvalue weighted by atomic mass is 32.1. The highest BCUT2D eigenvalue weighted by molar-refractivity contribution is 7.71. The topological polar surface area (TPSA) is 61.1 Å². The molecule has 1 unspecified atom stereocenters. The molecule has 1 atom stereocenters. The molecule has 0 spiro atoms.